The first-order valence-corrected chi connectivity index (χ1v) is 10.5. The van der Waals surface area contributed by atoms with Crippen LogP contribution in [0, 0.1) is 6.92 Å². The van der Waals surface area contributed by atoms with Crippen molar-refractivity contribution in [1.82, 2.24) is 5.16 Å². The molecule has 0 aliphatic carbocycles. The monoisotopic (exact) mass is 333 g/mol. The van der Waals surface area contributed by atoms with Crippen LogP contribution in [0.25, 0.3) is 11.3 Å². The van der Waals surface area contributed by atoms with Crippen molar-refractivity contribution in [2.45, 2.75) is 45.3 Å². The predicted molar refractivity (Wildman–Crippen MR) is 91.1 cm³/mol. The van der Waals surface area contributed by atoms with E-state index in [4.69, 9.17) is 4.52 Å². The molecular weight excluding hydrogens is 310 g/mol. The number of carboxylic acid groups (broad SMARTS) is 1. The molecule has 2 N–H and O–H groups in total. The average Bonchev–Trinajstić information content (AvgIpc) is 2.80. The second-order valence-electron chi connectivity index (χ2n) is 7.08. The van der Waals surface area contributed by atoms with Crippen LogP contribution in [-0.4, -0.2) is 29.3 Å². The SMILES string of the molecule is Cc1onc(-c2ccc(CC(C)(C)[Si](C)(C)O)cc2)c1C(=O)O. The van der Waals surface area contributed by atoms with E-state index in [-0.39, 0.29) is 10.6 Å². The summed E-state index contributed by atoms with van der Waals surface area (Å²) in [7, 11) is -2.27. The van der Waals surface area contributed by atoms with Crippen molar-refractivity contribution in [3.63, 3.8) is 0 Å². The molecule has 0 saturated heterocycles. The maximum atomic E-state index is 11.3. The second-order valence-corrected chi connectivity index (χ2v) is 11.6. The van der Waals surface area contributed by atoms with Crippen LogP contribution in [0.1, 0.15) is 35.5 Å². The molecule has 124 valence electrons. The van der Waals surface area contributed by atoms with Gasteiger partial charge in [-0.1, -0.05) is 43.3 Å². The Balaban J connectivity index is 2.29. The van der Waals surface area contributed by atoms with Gasteiger partial charge in [-0.25, -0.2) is 4.79 Å². The molecule has 5 nitrogen and oxygen atoms in total. The normalized spacial score (nSPS) is 12.4. The van der Waals surface area contributed by atoms with Crippen LogP contribution in [0.4, 0.5) is 0 Å². The van der Waals surface area contributed by atoms with E-state index in [1.54, 1.807) is 6.92 Å². The lowest BCUT2D eigenvalue weighted by Crippen LogP contribution is -2.40. The summed E-state index contributed by atoms with van der Waals surface area (Å²) in [6.07, 6.45) is 0.770. The van der Waals surface area contributed by atoms with Crippen LogP contribution in [0.5, 0.6) is 0 Å². The Labute approximate surface area is 137 Å². The number of aromatic nitrogens is 1. The summed E-state index contributed by atoms with van der Waals surface area (Å²) >= 11 is 0. The van der Waals surface area contributed by atoms with Crippen molar-refractivity contribution < 1.29 is 19.2 Å². The summed E-state index contributed by atoms with van der Waals surface area (Å²) in [6, 6.07) is 7.60. The Kier molecular flexibility index (Phi) is 4.50. The summed E-state index contributed by atoms with van der Waals surface area (Å²) in [5.41, 5.74) is 2.26. The van der Waals surface area contributed by atoms with E-state index < -0.39 is 14.3 Å². The molecule has 2 rings (SSSR count). The number of hydrogen-bond donors (Lipinski definition) is 2. The minimum atomic E-state index is -2.27. The molecule has 0 unspecified atom stereocenters. The molecule has 0 atom stereocenters. The number of carbonyl (C=O) groups is 1. The van der Waals surface area contributed by atoms with Gasteiger partial charge >= 0.3 is 5.97 Å². The smallest absolute Gasteiger partial charge is 0.341 e. The van der Waals surface area contributed by atoms with Crippen molar-refractivity contribution in [2.75, 3.05) is 0 Å². The van der Waals surface area contributed by atoms with Gasteiger partial charge in [0.05, 0.1) is 0 Å². The highest BCUT2D eigenvalue weighted by Crippen LogP contribution is 2.38. The molecule has 1 heterocycles. The molecule has 1 aromatic carbocycles. The van der Waals surface area contributed by atoms with Crippen LogP contribution in [0.3, 0.4) is 0 Å². The number of nitrogens with zero attached hydrogens (tertiary/aromatic N) is 1. The van der Waals surface area contributed by atoms with E-state index in [1.807, 2.05) is 37.4 Å². The number of rotatable bonds is 5. The van der Waals surface area contributed by atoms with Crippen molar-refractivity contribution in [2.24, 2.45) is 0 Å². The minimum Gasteiger partial charge on any atom is -0.477 e. The first kappa shape index (κ1) is 17.4. The highest BCUT2D eigenvalue weighted by Gasteiger charge is 2.37. The van der Waals surface area contributed by atoms with Crippen LogP contribution in [0.2, 0.25) is 18.1 Å². The fourth-order valence-electron chi connectivity index (χ4n) is 2.33. The Morgan fingerprint density at radius 3 is 2.30 bits per heavy atom. The van der Waals surface area contributed by atoms with Gasteiger partial charge in [-0.15, -0.1) is 0 Å². The minimum absolute atomic E-state index is 0.0991. The molecule has 6 heteroatoms. The number of hydrogen-bond acceptors (Lipinski definition) is 4. The lowest BCUT2D eigenvalue weighted by Gasteiger charge is -2.35. The topological polar surface area (TPSA) is 83.6 Å². The first-order valence-electron chi connectivity index (χ1n) is 7.54. The van der Waals surface area contributed by atoms with Crippen LogP contribution in [0.15, 0.2) is 28.8 Å². The van der Waals surface area contributed by atoms with Gasteiger partial charge in [0, 0.05) is 5.56 Å². The third kappa shape index (κ3) is 3.54. The quantitative estimate of drug-likeness (QED) is 0.812. The highest BCUT2D eigenvalue weighted by atomic mass is 28.4. The maximum Gasteiger partial charge on any atom is 0.341 e. The largest absolute Gasteiger partial charge is 0.477 e. The van der Waals surface area contributed by atoms with Crippen LogP contribution in [-0.2, 0) is 6.42 Å². The maximum absolute atomic E-state index is 11.3. The number of aromatic carboxylic acids is 1. The first-order chi connectivity index (χ1) is 10.5. The zero-order chi connectivity index (χ0) is 17.4. The van der Waals surface area contributed by atoms with Gasteiger partial charge in [0.15, 0.2) is 8.32 Å². The zero-order valence-electron chi connectivity index (χ0n) is 14.2. The summed E-state index contributed by atoms with van der Waals surface area (Å²) in [4.78, 5) is 21.7. The Morgan fingerprint density at radius 2 is 1.83 bits per heavy atom. The zero-order valence-corrected chi connectivity index (χ0v) is 15.2. The Morgan fingerprint density at radius 1 is 1.26 bits per heavy atom. The molecule has 0 fully saturated rings. The molecule has 0 radical (unpaired) electrons. The average molecular weight is 333 g/mol. The molecule has 0 spiro atoms. The molecule has 2 aromatic rings. The predicted octanol–water partition coefficient (Wildman–Crippen LogP) is 3.87. The van der Waals surface area contributed by atoms with Crippen LogP contribution < -0.4 is 0 Å². The third-order valence-electron chi connectivity index (χ3n) is 4.61. The molecule has 0 bridgehead atoms. The van der Waals surface area contributed by atoms with E-state index >= 15 is 0 Å². The molecular formula is C17H23NO4Si. The van der Waals surface area contributed by atoms with E-state index in [1.165, 1.54) is 0 Å². The lowest BCUT2D eigenvalue weighted by molar-refractivity contribution is 0.0695. The van der Waals surface area contributed by atoms with E-state index in [0.717, 1.165) is 12.0 Å². The van der Waals surface area contributed by atoms with Gasteiger partial charge in [-0.2, -0.15) is 0 Å². The van der Waals surface area contributed by atoms with Gasteiger partial charge < -0.3 is 14.4 Å². The second kappa shape index (κ2) is 5.94. The Bertz CT molecular complexity index is 711. The standard InChI is InChI=1S/C17H23NO4Si/c1-11-14(16(19)20)15(18-22-11)13-8-6-12(7-9-13)10-17(2,3)23(4,5)21/h6-9,21H,10H2,1-5H3,(H,19,20). The fraction of sp³-hybridized carbons (Fsp3) is 0.412. The molecule has 0 aliphatic heterocycles. The van der Waals surface area contributed by atoms with Gasteiger partial charge in [0.25, 0.3) is 0 Å². The molecule has 0 aliphatic rings. The van der Waals surface area contributed by atoms with E-state index in [0.29, 0.717) is 17.0 Å². The molecule has 0 saturated carbocycles. The van der Waals surface area contributed by atoms with E-state index in [2.05, 4.69) is 19.0 Å². The lowest BCUT2D eigenvalue weighted by atomic mass is 9.99. The van der Waals surface area contributed by atoms with Gasteiger partial charge in [0.2, 0.25) is 0 Å². The summed E-state index contributed by atoms with van der Waals surface area (Å²) < 4.78 is 5.01. The van der Waals surface area contributed by atoms with Crippen molar-refractivity contribution in [3.05, 3.63) is 41.2 Å². The fourth-order valence-corrected chi connectivity index (χ4v) is 2.96. The van der Waals surface area contributed by atoms with Crippen molar-refractivity contribution in [1.29, 1.82) is 0 Å². The summed E-state index contributed by atoms with van der Waals surface area (Å²) in [6.45, 7) is 9.63. The number of carboxylic acids is 1. The third-order valence-corrected chi connectivity index (χ3v) is 8.10. The van der Waals surface area contributed by atoms with Crippen molar-refractivity contribution in [3.8, 4) is 11.3 Å². The van der Waals surface area contributed by atoms with Crippen LogP contribution >= 0.6 is 0 Å². The van der Waals surface area contributed by atoms with Gasteiger partial charge in [-0.3, -0.25) is 0 Å². The molecule has 23 heavy (non-hydrogen) atoms. The van der Waals surface area contributed by atoms with Gasteiger partial charge in [0.1, 0.15) is 17.0 Å². The number of aryl methyl sites for hydroxylation is 1. The summed E-state index contributed by atoms with van der Waals surface area (Å²) in [5, 5.41) is 13.0. The van der Waals surface area contributed by atoms with E-state index in [9.17, 15) is 14.7 Å². The van der Waals surface area contributed by atoms with Gasteiger partial charge in [-0.05, 0) is 37.0 Å². The number of benzene rings is 1. The summed E-state index contributed by atoms with van der Waals surface area (Å²) in [5.74, 6) is -0.747. The molecule has 0 amide bonds. The highest BCUT2D eigenvalue weighted by molar-refractivity contribution is 6.72. The molecule has 1 aromatic heterocycles. The van der Waals surface area contributed by atoms with Crippen molar-refractivity contribution >= 4 is 14.3 Å². The Hall–Kier alpha value is -1.92.